The molecule has 3 aromatic rings. The first-order valence-electron chi connectivity index (χ1n) is 14.1. The fraction of sp³-hybridized carbons (Fsp3) is 0.419. The number of pyridine rings is 1. The van der Waals surface area contributed by atoms with Gasteiger partial charge in [0.1, 0.15) is 5.75 Å². The van der Waals surface area contributed by atoms with E-state index in [4.69, 9.17) is 10.00 Å². The normalized spacial score (nSPS) is 20.0. The zero-order valence-electron chi connectivity index (χ0n) is 23.3. The minimum atomic E-state index is -4.60. The van der Waals surface area contributed by atoms with E-state index < -0.39 is 29.0 Å². The summed E-state index contributed by atoms with van der Waals surface area (Å²) in [5.74, 6) is 0.656. The SMILES string of the molecule is N#Cc1ccc(NC2CCC(Oc3cncc(N4CCN(Cc5ccc(C(F)(F)F)cc5)CC4)c3)CC2)cc1C(F)(F)F. The number of ether oxygens (including phenoxy) is 1. The number of alkyl halides is 6. The predicted octanol–water partition coefficient (Wildman–Crippen LogP) is 7.12. The van der Waals surface area contributed by atoms with Gasteiger partial charge in [-0.15, -0.1) is 0 Å². The molecule has 2 heterocycles. The maximum atomic E-state index is 13.3. The predicted molar refractivity (Wildman–Crippen MR) is 150 cm³/mol. The highest BCUT2D eigenvalue weighted by Crippen LogP contribution is 2.35. The van der Waals surface area contributed by atoms with Crippen molar-refractivity contribution in [1.29, 1.82) is 5.26 Å². The molecule has 1 aromatic heterocycles. The number of nitrogens with one attached hydrogen (secondary N) is 1. The van der Waals surface area contributed by atoms with Crippen LogP contribution in [0.3, 0.4) is 0 Å². The number of nitriles is 1. The molecule has 1 saturated carbocycles. The second-order valence-electron chi connectivity index (χ2n) is 10.9. The van der Waals surface area contributed by atoms with Gasteiger partial charge in [-0.1, -0.05) is 12.1 Å². The summed E-state index contributed by atoms with van der Waals surface area (Å²) in [6, 6.07) is 12.5. The molecule has 1 aliphatic carbocycles. The van der Waals surface area contributed by atoms with Crippen molar-refractivity contribution in [3.05, 3.63) is 83.2 Å². The first kappa shape index (κ1) is 30.5. The zero-order chi connectivity index (χ0) is 30.6. The summed E-state index contributed by atoms with van der Waals surface area (Å²) in [7, 11) is 0. The standard InChI is InChI=1S/C31H31F6N5O/c32-30(33,34)23-4-1-21(2-5-23)20-41-11-13-42(14-12-41)26-16-28(19-39-18-26)43-27-9-7-24(8-10-27)40-25-6-3-22(17-38)29(15-25)31(35,36)37/h1-6,15-16,18-19,24,27,40H,7-14,20H2. The van der Waals surface area contributed by atoms with Crippen molar-refractivity contribution in [3.8, 4) is 11.8 Å². The number of benzene rings is 2. The Hall–Kier alpha value is -3.98. The Morgan fingerprint density at radius 3 is 2.19 bits per heavy atom. The van der Waals surface area contributed by atoms with E-state index in [-0.39, 0.29) is 12.1 Å². The Balaban J connectivity index is 1.09. The first-order valence-corrected chi connectivity index (χ1v) is 14.1. The molecular weight excluding hydrogens is 572 g/mol. The molecule has 0 amide bonds. The largest absolute Gasteiger partial charge is 0.489 e. The van der Waals surface area contributed by atoms with Crippen LogP contribution < -0.4 is 15.0 Å². The third-order valence-corrected chi connectivity index (χ3v) is 7.92. The van der Waals surface area contributed by atoms with E-state index in [1.165, 1.54) is 24.3 Å². The second kappa shape index (κ2) is 12.7. The molecular formula is C31H31F6N5O. The van der Waals surface area contributed by atoms with Crippen LogP contribution in [-0.2, 0) is 18.9 Å². The summed E-state index contributed by atoms with van der Waals surface area (Å²) in [5.41, 5.74) is 0.129. The number of piperazine rings is 1. The van der Waals surface area contributed by atoms with Crippen LogP contribution in [0.5, 0.6) is 5.75 Å². The number of hydrogen-bond acceptors (Lipinski definition) is 6. The number of hydrogen-bond donors (Lipinski definition) is 1. The number of nitrogens with zero attached hydrogens (tertiary/aromatic N) is 4. The zero-order valence-corrected chi connectivity index (χ0v) is 23.3. The highest BCUT2D eigenvalue weighted by atomic mass is 19.4. The average molecular weight is 604 g/mol. The van der Waals surface area contributed by atoms with Crippen molar-refractivity contribution in [3.63, 3.8) is 0 Å². The summed E-state index contributed by atoms with van der Waals surface area (Å²) in [6.45, 7) is 3.58. The van der Waals surface area contributed by atoms with Crippen LogP contribution in [0.1, 0.15) is 47.9 Å². The maximum absolute atomic E-state index is 13.3. The lowest BCUT2D eigenvalue weighted by Crippen LogP contribution is -2.46. The van der Waals surface area contributed by atoms with Crippen molar-refractivity contribution in [2.45, 2.75) is 56.7 Å². The number of halogens is 6. The van der Waals surface area contributed by atoms with Gasteiger partial charge < -0.3 is 15.0 Å². The lowest BCUT2D eigenvalue weighted by Gasteiger charge is -2.36. The molecule has 2 aromatic carbocycles. The van der Waals surface area contributed by atoms with Crippen LogP contribution in [0.25, 0.3) is 0 Å². The van der Waals surface area contributed by atoms with Crippen molar-refractivity contribution < 1.29 is 31.1 Å². The summed E-state index contributed by atoms with van der Waals surface area (Å²) < 4.78 is 84.6. The molecule has 1 N–H and O–H groups in total. The van der Waals surface area contributed by atoms with E-state index in [0.29, 0.717) is 18.0 Å². The maximum Gasteiger partial charge on any atom is 0.417 e. The molecule has 2 fully saturated rings. The van der Waals surface area contributed by atoms with Crippen molar-refractivity contribution >= 4 is 11.4 Å². The van der Waals surface area contributed by atoms with Crippen LogP contribution in [0, 0.1) is 11.3 Å². The molecule has 6 nitrogen and oxygen atoms in total. The van der Waals surface area contributed by atoms with Crippen molar-refractivity contribution in [2.75, 3.05) is 36.4 Å². The molecule has 5 rings (SSSR count). The van der Waals surface area contributed by atoms with Gasteiger partial charge in [-0.05, 0) is 61.6 Å². The molecule has 1 saturated heterocycles. The first-order chi connectivity index (χ1) is 20.5. The summed E-state index contributed by atoms with van der Waals surface area (Å²) >= 11 is 0. The molecule has 228 valence electrons. The van der Waals surface area contributed by atoms with E-state index in [2.05, 4.69) is 20.1 Å². The van der Waals surface area contributed by atoms with Crippen LogP contribution in [0.4, 0.5) is 37.7 Å². The van der Waals surface area contributed by atoms with Gasteiger partial charge in [-0.2, -0.15) is 31.6 Å². The topological polar surface area (TPSA) is 64.4 Å². The monoisotopic (exact) mass is 603 g/mol. The average Bonchev–Trinajstić information content (AvgIpc) is 2.98. The number of aromatic nitrogens is 1. The van der Waals surface area contributed by atoms with Gasteiger partial charge in [-0.25, -0.2) is 0 Å². The van der Waals surface area contributed by atoms with E-state index in [1.807, 2.05) is 6.07 Å². The van der Waals surface area contributed by atoms with E-state index in [0.717, 1.165) is 81.3 Å². The van der Waals surface area contributed by atoms with E-state index in [9.17, 15) is 26.3 Å². The Bertz CT molecular complexity index is 1420. The fourth-order valence-corrected chi connectivity index (χ4v) is 5.59. The molecule has 1 aliphatic heterocycles. The van der Waals surface area contributed by atoms with E-state index in [1.54, 1.807) is 18.5 Å². The smallest absolute Gasteiger partial charge is 0.417 e. The molecule has 0 radical (unpaired) electrons. The lowest BCUT2D eigenvalue weighted by atomic mass is 9.92. The summed E-state index contributed by atoms with van der Waals surface area (Å²) in [5, 5.41) is 12.2. The summed E-state index contributed by atoms with van der Waals surface area (Å²) in [6.07, 6.45) is -2.62. The Labute approximate surface area is 245 Å². The third kappa shape index (κ3) is 7.90. The fourth-order valence-electron chi connectivity index (χ4n) is 5.59. The summed E-state index contributed by atoms with van der Waals surface area (Å²) in [4.78, 5) is 8.77. The second-order valence-corrected chi connectivity index (χ2v) is 10.9. The van der Waals surface area contributed by atoms with Gasteiger partial charge >= 0.3 is 12.4 Å². The molecule has 0 spiro atoms. The lowest BCUT2D eigenvalue weighted by molar-refractivity contribution is -0.138. The third-order valence-electron chi connectivity index (χ3n) is 7.92. The van der Waals surface area contributed by atoms with Gasteiger partial charge in [-0.3, -0.25) is 9.88 Å². The highest BCUT2D eigenvalue weighted by molar-refractivity contribution is 5.53. The minimum Gasteiger partial charge on any atom is -0.489 e. The minimum absolute atomic E-state index is 0.00259. The molecule has 0 unspecified atom stereocenters. The molecule has 0 bridgehead atoms. The molecule has 2 aliphatic rings. The Morgan fingerprint density at radius 2 is 1.56 bits per heavy atom. The quantitative estimate of drug-likeness (QED) is 0.291. The molecule has 0 atom stereocenters. The van der Waals surface area contributed by atoms with Gasteiger partial charge in [0.05, 0.1) is 46.9 Å². The number of rotatable bonds is 7. The van der Waals surface area contributed by atoms with Gasteiger partial charge in [0.15, 0.2) is 0 Å². The van der Waals surface area contributed by atoms with Crippen LogP contribution >= 0.6 is 0 Å². The number of anilines is 2. The van der Waals surface area contributed by atoms with Gasteiger partial charge in [0.2, 0.25) is 0 Å². The van der Waals surface area contributed by atoms with Gasteiger partial charge in [0, 0.05) is 50.5 Å². The molecule has 12 heteroatoms. The van der Waals surface area contributed by atoms with Gasteiger partial charge in [0.25, 0.3) is 0 Å². The van der Waals surface area contributed by atoms with Crippen molar-refractivity contribution in [1.82, 2.24) is 9.88 Å². The molecule has 43 heavy (non-hydrogen) atoms. The van der Waals surface area contributed by atoms with Crippen LogP contribution in [0.2, 0.25) is 0 Å². The highest BCUT2D eigenvalue weighted by Gasteiger charge is 2.34. The van der Waals surface area contributed by atoms with Crippen molar-refractivity contribution in [2.24, 2.45) is 0 Å². The Kier molecular flexibility index (Phi) is 9.01. The Morgan fingerprint density at radius 1 is 0.860 bits per heavy atom. The van der Waals surface area contributed by atoms with Crippen LogP contribution in [0.15, 0.2) is 60.9 Å². The van der Waals surface area contributed by atoms with E-state index >= 15 is 0 Å². The van der Waals surface area contributed by atoms with Crippen LogP contribution in [-0.4, -0.2) is 48.2 Å².